The first-order valence-corrected chi connectivity index (χ1v) is 11.0. The zero-order chi connectivity index (χ0) is 17.8. The van der Waals surface area contributed by atoms with Crippen molar-refractivity contribution >= 4 is 50.7 Å². The van der Waals surface area contributed by atoms with Gasteiger partial charge < -0.3 is 5.32 Å². The zero-order valence-electron chi connectivity index (χ0n) is 13.5. The molecule has 1 aliphatic carbocycles. The van der Waals surface area contributed by atoms with Crippen molar-refractivity contribution in [2.24, 2.45) is 0 Å². The first-order chi connectivity index (χ1) is 12.1. The summed E-state index contributed by atoms with van der Waals surface area (Å²) in [7, 11) is 3.85. The number of fused-ring (bicyclic) bond motifs is 1. The highest BCUT2D eigenvalue weighted by molar-refractivity contribution is 8.77. The molecular weight excluding hydrogens is 378 g/mol. The Morgan fingerprint density at radius 2 is 1.88 bits per heavy atom. The molecule has 1 aromatic rings. The van der Waals surface area contributed by atoms with E-state index in [2.05, 4.69) is 5.32 Å². The molecule has 3 rings (SSSR count). The Balaban J connectivity index is 1.56. The predicted octanol–water partition coefficient (Wildman–Crippen LogP) is 4.35. The van der Waals surface area contributed by atoms with E-state index < -0.39 is 11.6 Å². The minimum atomic E-state index is -0.428. The largest absolute Gasteiger partial charge is 0.321 e. The summed E-state index contributed by atoms with van der Waals surface area (Å²) in [6.45, 7) is 0. The summed E-state index contributed by atoms with van der Waals surface area (Å²) >= 11 is 6.04. The predicted molar refractivity (Wildman–Crippen MR) is 103 cm³/mol. The number of ketones is 2. The van der Waals surface area contributed by atoms with Crippen LogP contribution in [0, 0.1) is 0 Å². The fourth-order valence-corrected chi connectivity index (χ4v) is 6.14. The van der Waals surface area contributed by atoms with Gasteiger partial charge in [-0.2, -0.15) is 0 Å². The molecule has 0 radical (unpaired) electrons. The van der Waals surface area contributed by atoms with Crippen molar-refractivity contribution in [3.8, 4) is 0 Å². The molecule has 0 spiro atoms. The maximum atomic E-state index is 12.5. The Labute approximate surface area is 159 Å². The van der Waals surface area contributed by atoms with Crippen LogP contribution in [0.5, 0.6) is 0 Å². The second-order valence-electron chi connectivity index (χ2n) is 6.02. The topological polar surface area (TPSA) is 63.2 Å². The fraction of sp³-hybridized carbons (Fsp3) is 0.389. The lowest BCUT2D eigenvalue weighted by Gasteiger charge is -2.18. The summed E-state index contributed by atoms with van der Waals surface area (Å²) in [5.41, 5.74) is 0.462. The molecule has 1 amide bonds. The first-order valence-electron chi connectivity index (χ1n) is 8.24. The first kappa shape index (κ1) is 18.5. The van der Waals surface area contributed by atoms with Gasteiger partial charge in [0, 0.05) is 28.6 Å². The van der Waals surface area contributed by atoms with Crippen LogP contribution in [0.15, 0.2) is 35.0 Å². The number of unbranched alkanes of at least 4 members (excludes halogenated alkanes) is 1. The van der Waals surface area contributed by atoms with Crippen molar-refractivity contribution in [3.05, 3.63) is 46.1 Å². The molecule has 1 N–H and O–H groups in total. The van der Waals surface area contributed by atoms with Gasteiger partial charge in [-0.1, -0.05) is 63.9 Å². The third-order valence-electron chi connectivity index (χ3n) is 4.23. The Hall–Kier alpha value is -1.24. The molecule has 1 fully saturated rings. The van der Waals surface area contributed by atoms with Crippen LogP contribution < -0.4 is 5.32 Å². The minimum Gasteiger partial charge on any atom is -0.321 e. The molecule has 2 aliphatic rings. The van der Waals surface area contributed by atoms with Crippen LogP contribution in [0.4, 0.5) is 0 Å². The number of carbonyl (C=O) groups is 3. The molecule has 1 aromatic carbocycles. The summed E-state index contributed by atoms with van der Waals surface area (Å²) in [6, 6.07) is 6.50. The summed E-state index contributed by atoms with van der Waals surface area (Å²) in [5.74, 6) is 0.0954. The van der Waals surface area contributed by atoms with Gasteiger partial charge in [-0.25, -0.2) is 0 Å². The van der Waals surface area contributed by atoms with Gasteiger partial charge in [-0.15, -0.1) is 0 Å². The molecule has 0 bridgehead atoms. The van der Waals surface area contributed by atoms with Gasteiger partial charge in [0.05, 0.1) is 0 Å². The van der Waals surface area contributed by atoms with Crippen molar-refractivity contribution in [1.29, 1.82) is 0 Å². The lowest BCUT2D eigenvalue weighted by molar-refractivity contribution is -0.120. The summed E-state index contributed by atoms with van der Waals surface area (Å²) in [5, 5.41) is 3.03. The minimum absolute atomic E-state index is 0.0990. The van der Waals surface area contributed by atoms with Crippen LogP contribution in [0.1, 0.15) is 52.8 Å². The van der Waals surface area contributed by atoms with E-state index in [0.29, 0.717) is 11.7 Å². The van der Waals surface area contributed by atoms with E-state index >= 15 is 0 Å². The fourth-order valence-electron chi connectivity index (χ4n) is 2.88. The smallest absolute Gasteiger partial charge is 0.224 e. The highest BCUT2D eigenvalue weighted by atomic mass is 35.5. The quantitative estimate of drug-likeness (QED) is 0.573. The molecule has 0 saturated carbocycles. The Kier molecular flexibility index (Phi) is 6.25. The van der Waals surface area contributed by atoms with E-state index in [1.54, 1.807) is 24.3 Å². The molecule has 132 valence electrons. The number of amides is 1. The third-order valence-corrected chi connectivity index (χ3v) is 7.60. The molecule has 1 heterocycles. The zero-order valence-corrected chi connectivity index (χ0v) is 15.9. The molecule has 7 heteroatoms. The highest BCUT2D eigenvalue weighted by Gasteiger charge is 2.32. The van der Waals surface area contributed by atoms with Crippen LogP contribution in [-0.4, -0.2) is 28.5 Å². The molecule has 25 heavy (non-hydrogen) atoms. The molecule has 0 unspecified atom stereocenters. The number of hydrogen-bond acceptors (Lipinski definition) is 5. The van der Waals surface area contributed by atoms with E-state index in [-0.39, 0.29) is 27.8 Å². The lowest BCUT2D eigenvalue weighted by Crippen LogP contribution is -2.32. The monoisotopic (exact) mass is 395 g/mol. The highest BCUT2D eigenvalue weighted by Crippen LogP contribution is 2.39. The van der Waals surface area contributed by atoms with Gasteiger partial charge in [0.2, 0.25) is 17.5 Å². The average Bonchev–Trinajstić information content (AvgIpc) is 3.14. The summed E-state index contributed by atoms with van der Waals surface area (Å²) in [4.78, 5) is 36.9. The van der Waals surface area contributed by atoms with Crippen LogP contribution in [-0.2, 0) is 4.79 Å². The van der Waals surface area contributed by atoms with Gasteiger partial charge in [0.1, 0.15) is 10.7 Å². The van der Waals surface area contributed by atoms with E-state index in [9.17, 15) is 14.4 Å². The third kappa shape index (κ3) is 4.30. The summed E-state index contributed by atoms with van der Waals surface area (Å²) < 4.78 is 0. The standard InChI is InChI=1S/C18H18ClNO3S2/c19-15-16(18(23)13-7-3-2-6-12(13)17(15)22)20-14(21)8-4-1-5-11-9-10-24-25-11/h2-3,6-7,11H,1,4-5,8-10H2,(H,20,21)/t11-/m1/s1. The van der Waals surface area contributed by atoms with E-state index in [0.717, 1.165) is 19.3 Å². The van der Waals surface area contributed by atoms with E-state index in [4.69, 9.17) is 11.6 Å². The normalized spacial score (nSPS) is 20.0. The van der Waals surface area contributed by atoms with Crippen molar-refractivity contribution < 1.29 is 14.4 Å². The molecular formula is C18H18ClNO3S2. The maximum Gasteiger partial charge on any atom is 0.224 e. The average molecular weight is 396 g/mol. The number of nitrogens with one attached hydrogen (secondary N) is 1. The Bertz CT molecular complexity index is 742. The number of benzene rings is 1. The Morgan fingerprint density at radius 1 is 1.16 bits per heavy atom. The van der Waals surface area contributed by atoms with Gasteiger partial charge in [-0.05, 0) is 19.3 Å². The van der Waals surface area contributed by atoms with Gasteiger partial charge in [0.25, 0.3) is 0 Å². The van der Waals surface area contributed by atoms with Crippen LogP contribution in [0.3, 0.4) is 0 Å². The number of halogens is 1. The maximum absolute atomic E-state index is 12.5. The second-order valence-corrected chi connectivity index (χ2v) is 9.18. The SMILES string of the molecule is O=C(CCCC[C@@H]1CCSS1)NC1=C(Cl)C(=O)c2ccccc2C1=O. The van der Waals surface area contributed by atoms with Gasteiger partial charge in [0.15, 0.2) is 0 Å². The number of Topliss-reactive ketones (excluding diaryl/α,β-unsaturated/α-hetero) is 2. The van der Waals surface area contributed by atoms with Crippen molar-refractivity contribution in [2.75, 3.05) is 5.75 Å². The van der Waals surface area contributed by atoms with Crippen LogP contribution >= 0.6 is 33.2 Å². The number of allylic oxidation sites excluding steroid dienone is 2. The molecule has 1 atom stereocenters. The summed E-state index contributed by atoms with van der Waals surface area (Å²) in [6.07, 6.45) is 4.41. The van der Waals surface area contributed by atoms with Gasteiger partial charge >= 0.3 is 0 Å². The number of carbonyl (C=O) groups excluding carboxylic acids is 3. The van der Waals surface area contributed by atoms with Crippen molar-refractivity contribution in [1.82, 2.24) is 5.32 Å². The second kappa shape index (κ2) is 8.43. The van der Waals surface area contributed by atoms with Crippen molar-refractivity contribution in [2.45, 2.75) is 37.4 Å². The van der Waals surface area contributed by atoms with Gasteiger partial charge in [-0.3, -0.25) is 14.4 Å². The number of hydrogen-bond donors (Lipinski definition) is 1. The van der Waals surface area contributed by atoms with Crippen LogP contribution in [0.2, 0.25) is 0 Å². The van der Waals surface area contributed by atoms with Crippen LogP contribution in [0.25, 0.3) is 0 Å². The number of rotatable bonds is 6. The van der Waals surface area contributed by atoms with E-state index in [1.807, 2.05) is 21.6 Å². The lowest BCUT2D eigenvalue weighted by atomic mass is 9.92. The molecule has 1 aliphatic heterocycles. The Morgan fingerprint density at radius 3 is 2.56 bits per heavy atom. The molecule has 0 aromatic heterocycles. The van der Waals surface area contributed by atoms with E-state index in [1.165, 1.54) is 12.2 Å². The molecule has 1 saturated heterocycles. The molecule has 4 nitrogen and oxygen atoms in total. The van der Waals surface area contributed by atoms with Crippen molar-refractivity contribution in [3.63, 3.8) is 0 Å².